The molecule has 6 aromatic rings. The Morgan fingerprint density at radius 3 is 1.38 bits per heavy atom. The number of hydrogen-bond acceptors (Lipinski definition) is 12. The van der Waals surface area contributed by atoms with Crippen molar-refractivity contribution >= 4 is 45.3 Å². The summed E-state index contributed by atoms with van der Waals surface area (Å²) in [7, 11) is 0. The van der Waals surface area contributed by atoms with Crippen molar-refractivity contribution in [3.63, 3.8) is 0 Å². The van der Waals surface area contributed by atoms with Crippen LogP contribution in [-0.2, 0) is 22.4 Å². The Labute approximate surface area is 393 Å². The highest BCUT2D eigenvalue weighted by molar-refractivity contribution is 5.89. The normalized spacial score (nSPS) is 20.9. The molecular weight excluding hydrogens is 875 g/mol. The van der Waals surface area contributed by atoms with Crippen LogP contribution in [-0.4, -0.2) is 116 Å². The number of hydrogen-bond donors (Lipinski definition) is 6. The molecule has 14 nitrogen and oxygen atoms in total. The second kappa shape index (κ2) is 21.8. The lowest BCUT2D eigenvalue weighted by atomic mass is 9.83. The third-order valence-electron chi connectivity index (χ3n) is 14.0. The van der Waals surface area contributed by atoms with Crippen molar-refractivity contribution in [1.29, 1.82) is 0 Å². The summed E-state index contributed by atoms with van der Waals surface area (Å²) >= 11 is 0. The van der Waals surface area contributed by atoms with Gasteiger partial charge in [0.2, 0.25) is 0 Å². The van der Waals surface area contributed by atoms with Gasteiger partial charge in [0, 0.05) is 83.4 Å². The van der Waals surface area contributed by atoms with E-state index in [1.54, 1.807) is 12.1 Å². The summed E-state index contributed by atoms with van der Waals surface area (Å²) < 4.78 is 37.6. The maximum Gasteiger partial charge on any atom is 0.328 e. The third kappa shape index (κ3) is 11.4. The number of rotatable bonds is 10. The van der Waals surface area contributed by atoms with Crippen molar-refractivity contribution < 1.29 is 47.8 Å². The van der Waals surface area contributed by atoms with Gasteiger partial charge in [-0.1, -0.05) is 46.7 Å². The summed E-state index contributed by atoms with van der Waals surface area (Å²) in [5, 5.41) is 54.4. The smallest absolute Gasteiger partial charge is 0.328 e. The van der Waals surface area contributed by atoms with E-state index in [1.807, 2.05) is 13.8 Å². The molecule has 0 aliphatic carbocycles. The number of fused-ring (bicyclic) bond motifs is 4. The van der Waals surface area contributed by atoms with E-state index >= 15 is 0 Å². The highest BCUT2D eigenvalue weighted by atomic mass is 19.1. The van der Waals surface area contributed by atoms with Crippen molar-refractivity contribution in [3.8, 4) is 0 Å². The molecule has 2 saturated heterocycles. The van der Waals surface area contributed by atoms with Crippen LogP contribution in [0.3, 0.4) is 0 Å². The maximum absolute atomic E-state index is 13.5. The van der Waals surface area contributed by atoms with Crippen LogP contribution >= 0.6 is 0 Å². The van der Waals surface area contributed by atoms with Crippen molar-refractivity contribution in [2.75, 3.05) is 49.9 Å². The minimum Gasteiger partial charge on any atom is -0.478 e. The molecule has 6 atom stereocenters. The van der Waals surface area contributed by atoms with Crippen molar-refractivity contribution in [3.05, 3.63) is 131 Å². The Bertz CT molecular complexity index is 2510. The quantitative estimate of drug-likeness (QED) is 0.0721. The zero-order valence-electron chi connectivity index (χ0n) is 38.3. The number of aliphatic carboxylic acids is 2. The molecule has 4 aromatic carbocycles. The molecule has 6 N–H and O–H groups in total. The molecular formula is C52H60F2N6O8. The molecule has 0 spiro atoms. The molecule has 0 amide bonds. The van der Waals surface area contributed by atoms with E-state index in [0.717, 1.165) is 100.0 Å². The largest absolute Gasteiger partial charge is 0.478 e. The number of carbonyl (C=O) groups is 2. The number of para-hydroxylation sites is 2. The van der Waals surface area contributed by atoms with E-state index in [2.05, 4.69) is 79.3 Å². The molecule has 0 saturated carbocycles. The van der Waals surface area contributed by atoms with Gasteiger partial charge in [0.15, 0.2) is 11.2 Å². The van der Waals surface area contributed by atoms with Gasteiger partial charge in [-0.25, -0.2) is 18.4 Å². The van der Waals surface area contributed by atoms with Gasteiger partial charge in [-0.15, -0.1) is 0 Å². The third-order valence-corrected chi connectivity index (χ3v) is 14.0. The molecule has 0 radical (unpaired) electrons. The van der Waals surface area contributed by atoms with Crippen molar-refractivity contribution in [2.24, 2.45) is 11.8 Å². The van der Waals surface area contributed by atoms with Crippen molar-refractivity contribution in [1.82, 2.24) is 20.1 Å². The molecule has 4 aliphatic rings. The fraction of sp³-hybridized carbons (Fsp3) is 0.423. The topological polar surface area (TPSA) is 198 Å². The van der Waals surface area contributed by atoms with E-state index in [4.69, 9.17) is 19.3 Å². The van der Waals surface area contributed by atoms with E-state index in [9.17, 15) is 28.6 Å². The number of halogens is 2. The zero-order chi connectivity index (χ0) is 47.9. The number of aliphatic hydroxyl groups is 2. The number of likely N-dealkylation sites (tertiary alicyclic amines) is 2. The van der Waals surface area contributed by atoms with E-state index in [-0.39, 0.29) is 23.7 Å². The van der Waals surface area contributed by atoms with Crippen molar-refractivity contribution in [2.45, 2.75) is 88.5 Å². The number of anilines is 2. The highest BCUT2D eigenvalue weighted by Crippen LogP contribution is 2.38. The van der Waals surface area contributed by atoms with Gasteiger partial charge in [0.25, 0.3) is 0 Å². The average molecular weight is 935 g/mol. The minimum absolute atomic E-state index is 0.120. The number of aliphatic hydroxyl groups excluding tert-OH is 2. The first-order valence-corrected chi connectivity index (χ1v) is 23.5. The summed E-state index contributed by atoms with van der Waals surface area (Å²) in [4.78, 5) is 24.0. The predicted molar refractivity (Wildman–Crippen MR) is 255 cm³/mol. The molecule has 360 valence electrons. The lowest BCUT2D eigenvalue weighted by molar-refractivity contribution is -0.134. The number of nitrogens with zero attached hydrogens (tertiary/aromatic N) is 4. The monoisotopic (exact) mass is 934 g/mol. The lowest BCUT2D eigenvalue weighted by Crippen LogP contribution is -2.53. The van der Waals surface area contributed by atoms with Crippen LogP contribution in [0.25, 0.3) is 21.9 Å². The predicted octanol–water partition coefficient (Wildman–Crippen LogP) is 8.07. The number of aromatic nitrogens is 2. The Morgan fingerprint density at radius 1 is 0.632 bits per heavy atom. The number of benzene rings is 4. The molecule has 10 rings (SSSR count). The molecule has 6 heterocycles. The number of piperidine rings is 2. The SMILES string of the molecule is CC(O)C(C1CNc2ccccc2C1)N1CCC(c2noc3cc(F)ccc23)CC1.CC(O)C(C1CNc2ccccc2C1)N1CCC(c2noc3cc(F)ccc23)CC1.O=C(O)/C=C/C(=O)O. The van der Waals surface area contributed by atoms with E-state index < -0.39 is 24.1 Å². The number of nitrogens with one attached hydrogen (secondary N) is 2. The fourth-order valence-corrected chi connectivity index (χ4v) is 10.9. The number of carboxylic acid groups (broad SMARTS) is 2. The number of carboxylic acids is 2. The van der Waals surface area contributed by atoms with Gasteiger partial charge in [-0.2, -0.15) is 0 Å². The minimum atomic E-state index is -1.26. The molecule has 2 aromatic heterocycles. The van der Waals surface area contributed by atoms with Crippen LogP contribution < -0.4 is 10.6 Å². The standard InChI is InChI=1S/2C24H28FN3O2.C4H4O4/c2*1-15(29)24(18-12-17-4-2-3-5-21(17)26-14-18)28-10-8-16(9-11-28)23-20-7-6-19(25)13-22(20)30-27-23;5-3(6)1-2-4(7)8/h2*2-7,13,15-16,18,24,26,29H,8-12,14H2,1H3;1-2H,(H,5,6)(H,7,8)/b;;2-1+. The summed E-state index contributed by atoms with van der Waals surface area (Å²) in [6.07, 6.45) is 6.13. The fourth-order valence-electron chi connectivity index (χ4n) is 10.9. The summed E-state index contributed by atoms with van der Waals surface area (Å²) in [6, 6.07) is 26.4. The van der Waals surface area contributed by atoms with Gasteiger partial charge < -0.3 is 40.1 Å². The molecule has 16 heteroatoms. The lowest BCUT2D eigenvalue weighted by Gasteiger charge is -2.44. The summed E-state index contributed by atoms with van der Waals surface area (Å²) in [5.41, 5.74) is 7.99. The summed E-state index contributed by atoms with van der Waals surface area (Å²) in [6.45, 7) is 9.23. The van der Waals surface area contributed by atoms with E-state index in [0.29, 0.717) is 47.0 Å². The Hall–Kier alpha value is -6.20. The van der Waals surface area contributed by atoms with Gasteiger partial charge in [0.1, 0.15) is 11.6 Å². The van der Waals surface area contributed by atoms with Gasteiger partial charge in [0.05, 0.1) is 23.6 Å². The van der Waals surface area contributed by atoms with Crippen LogP contribution in [0.4, 0.5) is 20.2 Å². The van der Waals surface area contributed by atoms with Crippen LogP contribution in [0.5, 0.6) is 0 Å². The Balaban J connectivity index is 0.000000159. The first kappa shape index (κ1) is 48.3. The highest BCUT2D eigenvalue weighted by Gasteiger charge is 2.38. The van der Waals surface area contributed by atoms with Crippen LogP contribution in [0.15, 0.2) is 106 Å². The molecule has 0 bridgehead atoms. The maximum atomic E-state index is 13.5. The Morgan fingerprint density at radius 2 is 1.01 bits per heavy atom. The van der Waals surface area contributed by atoms with Gasteiger partial charge >= 0.3 is 11.9 Å². The zero-order valence-corrected chi connectivity index (χ0v) is 38.3. The average Bonchev–Trinajstić information content (AvgIpc) is 3.95. The van der Waals surface area contributed by atoms with E-state index in [1.165, 1.54) is 46.8 Å². The molecule has 2 fully saturated rings. The van der Waals surface area contributed by atoms with Gasteiger partial charge in [-0.05, 0) is 138 Å². The van der Waals surface area contributed by atoms with Crippen LogP contribution in [0.2, 0.25) is 0 Å². The van der Waals surface area contributed by atoms with Gasteiger partial charge in [-0.3, -0.25) is 9.80 Å². The molecule has 68 heavy (non-hydrogen) atoms. The van der Waals surface area contributed by atoms with Crippen LogP contribution in [0.1, 0.15) is 73.9 Å². The first-order valence-electron chi connectivity index (χ1n) is 23.5. The second-order valence-electron chi connectivity index (χ2n) is 18.5. The molecule has 6 unspecified atom stereocenters. The van der Waals surface area contributed by atoms with Crippen LogP contribution in [0, 0.1) is 23.5 Å². The Kier molecular flexibility index (Phi) is 15.5. The molecule has 4 aliphatic heterocycles. The summed E-state index contributed by atoms with van der Waals surface area (Å²) in [5.74, 6) is -1.79. The first-order chi connectivity index (χ1) is 32.8. The second-order valence-corrected chi connectivity index (χ2v) is 18.5.